The van der Waals surface area contributed by atoms with Crippen LogP contribution in [0.4, 0.5) is 10.2 Å². The predicted octanol–water partition coefficient (Wildman–Crippen LogP) is 0.318. The summed E-state index contributed by atoms with van der Waals surface area (Å²) >= 11 is 5.82. The minimum Gasteiger partial charge on any atom is -0.479 e. The highest BCUT2D eigenvalue weighted by Crippen LogP contribution is 2.35. The van der Waals surface area contributed by atoms with Gasteiger partial charge in [0.05, 0.1) is 19.5 Å². The largest absolute Gasteiger partial charge is 0.479 e. The van der Waals surface area contributed by atoms with E-state index in [1.807, 2.05) is 0 Å². The lowest BCUT2D eigenvalue weighted by atomic mass is 9.93. The molecule has 192 valence electrons. The van der Waals surface area contributed by atoms with Crippen molar-refractivity contribution in [2.24, 2.45) is 0 Å². The van der Waals surface area contributed by atoms with E-state index in [1.165, 1.54) is 24.3 Å². The second-order valence-electron chi connectivity index (χ2n) is 8.10. The van der Waals surface area contributed by atoms with Crippen LogP contribution in [0.2, 0.25) is 5.28 Å². The van der Waals surface area contributed by atoms with Crippen molar-refractivity contribution in [2.45, 2.75) is 43.2 Å². The van der Waals surface area contributed by atoms with Crippen LogP contribution >= 0.6 is 11.6 Å². The first-order valence-electron chi connectivity index (χ1n) is 10.5. The topological polar surface area (TPSA) is 203 Å². The summed E-state index contributed by atoms with van der Waals surface area (Å²) in [7, 11) is 0. The lowest BCUT2D eigenvalue weighted by Gasteiger charge is -2.27. The van der Waals surface area contributed by atoms with Gasteiger partial charge in [0.2, 0.25) is 5.28 Å². The number of hydrogen-bond acceptors (Lipinski definition) is 10. The number of aromatic nitrogens is 4. The molecule has 0 bridgehead atoms. The van der Waals surface area contributed by atoms with Crippen LogP contribution in [-0.2, 0) is 32.1 Å². The molecular formula is C21H21ClFN5O8. The van der Waals surface area contributed by atoms with Crippen molar-refractivity contribution in [2.75, 3.05) is 12.3 Å². The molecule has 6 N–H and O–H groups in total. The van der Waals surface area contributed by atoms with Crippen molar-refractivity contribution in [3.05, 3.63) is 47.0 Å². The Morgan fingerprint density at radius 1 is 1.19 bits per heavy atom. The summed E-state index contributed by atoms with van der Waals surface area (Å²) in [6.07, 6.45) is -6.18. The quantitative estimate of drug-likeness (QED) is 0.189. The molecule has 1 fully saturated rings. The van der Waals surface area contributed by atoms with Crippen LogP contribution in [0.1, 0.15) is 17.4 Å². The lowest BCUT2D eigenvalue weighted by molar-refractivity contribution is -0.190. The Kier molecular flexibility index (Phi) is 7.06. The summed E-state index contributed by atoms with van der Waals surface area (Å²) in [5.41, 5.74) is 3.98. The number of aliphatic carboxylic acids is 2. The summed E-state index contributed by atoms with van der Waals surface area (Å²) in [6, 6.07) is 5.91. The number of rotatable bonds is 9. The zero-order chi connectivity index (χ0) is 26.2. The predicted molar refractivity (Wildman–Crippen MR) is 120 cm³/mol. The molecule has 1 aromatic carbocycles. The van der Waals surface area contributed by atoms with Crippen LogP contribution in [0.5, 0.6) is 0 Å². The molecule has 4 rings (SSSR count). The van der Waals surface area contributed by atoms with Gasteiger partial charge in [0.25, 0.3) is 5.60 Å². The number of carboxylic acids is 2. The SMILES string of the molecule is Nc1nc(Cl)nc2c1ncn2[C@@H]1O[C@H](COC(Cc2ccc(CO)cc2)(C(=O)O)C(=O)O)[C@@H](O)[C@@H]1F. The van der Waals surface area contributed by atoms with Gasteiger partial charge in [-0.05, 0) is 22.7 Å². The summed E-state index contributed by atoms with van der Waals surface area (Å²) in [5.74, 6) is -3.66. The Balaban J connectivity index is 1.56. The van der Waals surface area contributed by atoms with E-state index < -0.39 is 55.2 Å². The highest BCUT2D eigenvalue weighted by molar-refractivity contribution is 6.28. The lowest BCUT2D eigenvalue weighted by Crippen LogP contribution is -2.52. The Labute approximate surface area is 206 Å². The van der Waals surface area contributed by atoms with Crippen LogP contribution in [0, 0.1) is 0 Å². The van der Waals surface area contributed by atoms with E-state index in [4.69, 9.17) is 31.9 Å². The van der Waals surface area contributed by atoms with Crippen molar-refractivity contribution >= 4 is 40.5 Å². The van der Waals surface area contributed by atoms with Crippen molar-refractivity contribution < 1.29 is 43.9 Å². The first kappa shape index (κ1) is 25.7. The maximum absolute atomic E-state index is 15.0. The van der Waals surface area contributed by atoms with Gasteiger partial charge < -0.3 is 35.6 Å². The molecule has 1 aliphatic rings. The van der Waals surface area contributed by atoms with Crippen molar-refractivity contribution in [3.63, 3.8) is 0 Å². The summed E-state index contributed by atoms with van der Waals surface area (Å²) < 4.78 is 27.1. The third-order valence-electron chi connectivity index (χ3n) is 5.83. The van der Waals surface area contributed by atoms with Crippen LogP contribution in [0.15, 0.2) is 30.6 Å². The van der Waals surface area contributed by atoms with Crippen LogP contribution in [0.25, 0.3) is 11.2 Å². The molecule has 0 unspecified atom stereocenters. The number of hydrogen-bond donors (Lipinski definition) is 5. The van der Waals surface area contributed by atoms with E-state index in [1.54, 1.807) is 0 Å². The number of imidazole rings is 1. The fourth-order valence-electron chi connectivity index (χ4n) is 3.85. The third kappa shape index (κ3) is 4.56. The molecular weight excluding hydrogens is 505 g/mol. The average molecular weight is 526 g/mol. The highest BCUT2D eigenvalue weighted by atomic mass is 35.5. The fourth-order valence-corrected chi connectivity index (χ4v) is 4.02. The van der Waals surface area contributed by atoms with Gasteiger partial charge >= 0.3 is 11.9 Å². The number of carbonyl (C=O) groups is 2. The maximum Gasteiger partial charge on any atom is 0.348 e. The van der Waals surface area contributed by atoms with Gasteiger partial charge in [0.1, 0.15) is 17.7 Å². The first-order valence-corrected chi connectivity index (χ1v) is 10.9. The number of aliphatic hydroxyl groups excluding tert-OH is 2. The summed E-state index contributed by atoms with van der Waals surface area (Å²) in [4.78, 5) is 35.8. The number of benzene rings is 1. The Morgan fingerprint density at radius 3 is 2.44 bits per heavy atom. The number of ether oxygens (including phenoxy) is 2. The van der Waals surface area contributed by atoms with Gasteiger partial charge in [-0.2, -0.15) is 9.97 Å². The Morgan fingerprint density at radius 2 is 1.83 bits per heavy atom. The van der Waals surface area contributed by atoms with Crippen LogP contribution in [-0.4, -0.2) is 82.5 Å². The number of nitrogens with two attached hydrogens (primary N) is 1. The molecule has 3 aromatic rings. The van der Waals surface area contributed by atoms with Gasteiger partial charge in [-0.25, -0.2) is 19.0 Å². The molecule has 0 aliphatic carbocycles. The minimum atomic E-state index is -2.76. The molecule has 0 radical (unpaired) electrons. The van der Waals surface area contributed by atoms with Crippen LogP contribution < -0.4 is 5.73 Å². The molecule has 13 nitrogen and oxygen atoms in total. The fraction of sp³-hybridized carbons (Fsp3) is 0.381. The molecule has 4 atom stereocenters. The monoisotopic (exact) mass is 525 g/mol. The number of anilines is 1. The molecule has 0 saturated carbocycles. The number of nitrogen functional groups attached to an aromatic ring is 1. The number of halogens is 2. The molecule has 2 aromatic heterocycles. The molecule has 3 heterocycles. The Hall–Kier alpha value is -3.43. The smallest absolute Gasteiger partial charge is 0.348 e. The molecule has 36 heavy (non-hydrogen) atoms. The molecule has 15 heteroatoms. The minimum absolute atomic E-state index is 0.0330. The van der Waals surface area contributed by atoms with Crippen molar-refractivity contribution in [1.82, 2.24) is 19.5 Å². The molecule has 1 aliphatic heterocycles. The van der Waals surface area contributed by atoms with Gasteiger partial charge in [0.15, 0.2) is 23.9 Å². The molecule has 1 saturated heterocycles. The van der Waals surface area contributed by atoms with E-state index in [0.717, 1.165) is 10.9 Å². The normalized spacial score (nSPS) is 22.2. The second-order valence-corrected chi connectivity index (χ2v) is 8.44. The van der Waals surface area contributed by atoms with E-state index in [2.05, 4.69) is 15.0 Å². The van der Waals surface area contributed by atoms with Crippen molar-refractivity contribution in [1.29, 1.82) is 0 Å². The van der Waals surface area contributed by atoms with Gasteiger partial charge in [-0.3, -0.25) is 4.57 Å². The third-order valence-corrected chi connectivity index (χ3v) is 6.00. The average Bonchev–Trinajstić information content (AvgIpc) is 3.37. The maximum atomic E-state index is 15.0. The van der Waals surface area contributed by atoms with E-state index in [0.29, 0.717) is 11.1 Å². The van der Waals surface area contributed by atoms with Gasteiger partial charge in [-0.15, -0.1) is 0 Å². The first-order chi connectivity index (χ1) is 17.1. The highest BCUT2D eigenvalue weighted by Gasteiger charge is 2.52. The van der Waals surface area contributed by atoms with Gasteiger partial charge in [0, 0.05) is 6.42 Å². The Bertz CT molecular complexity index is 1280. The molecule has 0 amide bonds. The van der Waals surface area contributed by atoms with E-state index in [9.17, 15) is 24.9 Å². The number of aliphatic hydroxyl groups is 2. The zero-order valence-electron chi connectivity index (χ0n) is 18.4. The van der Waals surface area contributed by atoms with E-state index in [-0.39, 0.29) is 28.9 Å². The van der Waals surface area contributed by atoms with Crippen molar-refractivity contribution in [3.8, 4) is 0 Å². The number of nitrogens with zero attached hydrogens (tertiary/aromatic N) is 4. The van der Waals surface area contributed by atoms with Gasteiger partial charge in [-0.1, -0.05) is 24.3 Å². The number of fused-ring (bicyclic) bond motifs is 1. The standard InChI is InChI=1S/C21H21ClFN5O8/c22-20-26-15(24)13-16(27-20)28(8-25-13)17-12(23)14(30)11(36-17)7-35-21(18(31)32,19(33)34)5-9-1-3-10(6-29)4-2-9/h1-4,8,11-12,14,17,29-30H,5-7H2,(H,31,32)(H,33,34)(H2,24,26,27)/t11-,12+,14-,17-/m1/s1. The summed E-state index contributed by atoms with van der Waals surface area (Å²) in [5, 5.41) is 38.8. The summed E-state index contributed by atoms with van der Waals surface area (Å²) in [6.45, 7) is -1.02. The number of carboxylic acid groups (broad SMARTS) is 2. The van der Waals surface area contributed by atoms with E-state index >= 15 is 4.39 Å². The second kappa shape index (κ2) is 9.91. The molecule has 0 spiro atoms. The zero-order valence-corrected chi connectivity index (χ0v) is 19.1. The van der Waals surface area contributed by atoms with Crippen LogP contribution in [0.3, 0.4) is 0 Å². The number of alkyl halides is 1.